The Morgan fingerprint density at radius 1 is 1.65 bits per heavy atom. The van der Waals surface area contributed by atoms with Crippen LogP contribution in [0.4, 0.5) is 0 Å². The second-order valence-corrected chi connectivity index (χ2v) is 4.42. The van der Waals surface area contributed by atoms with Crippen molar-refractivity contribution in [1.29, 1.82) is 5.26 Å². The van der Waals surface area contributed by atoms with Crippen molar-refractivity contribution in [3.63, 3.8) is 0 Å². The first-order valence-electron chi connectivity index (χ1n) is 5.89. The van der Waals surface area contributed by atoms with Gasteiger partial charge in [-0.1, -0.05) is 0 Å². The van der Waals surface area contributed by atoms with E-state index in [-0.39, 0.29) is 5.84 Å². The first kappa shape index (κ1) is 14.7. The number of nitrogens with zero attached hydrogens (tertiary/aromatic N) is 3. The number of hydrogen-bond acceptors (Lipinski definition) is 9. The molecule has 0 aromatic carbocycles. The van der Waals surface area contributed by atoms with Gasteiger partial charge in [-0.05, 0) is 6.08 Å². The summed E-state index contributed by atoms with van der Waals surface area (Å²) in [5, 5.41) is 38.6. The lowest BCUT2D eigenvalue weighted by atomic mass is 10.0. The zero-order valence-electron chi connectivity index (χ0n) is 10.7. The van der Waals surface area contributed by atoms with Crippen molar-refractivity contribution < 1.29 is 24.8 Å². The summed E-state index contributed by atoms with van der Waals surface area (Å²) in [6, 6.07) is 1.87. The molecule has 2 aliphatic rings. The minimum atomic E-state index is -1.82. The highest BCUT2D eigenvalue weighted by Crippen LogP contribution is 2.37. The molecule has 5 N–H and O–H groups in total. The topological polar surface area (TPSA) is 145 Å². The summed E-state index contributed by atoms with van der Waals surface area (Å²) in [6.07, 6.45) is -2.09. The van der Waals surface area contributed by atoms with Crippen LogP contribution in [-0.2, 0) is 9.47 Å². The molecule has 0 aromatic rings. The number of nitrogens with two attached hydrogens (primary N) is 1. The third-order valence-electron chi connectivity index (χ3n) is 3.30. The third kappa shape index (κ3) is 2.04. The molecule has 2 aliphatic heterocycles. The molecule has 110 valence electrons. The Morgan fingerprint density at radius 3 is 2.85 bits per heavy atom. The van der Waals surface area contributed by atoms with Gasteiger partial charge >= 0.3 is 0 Å². The number of methoxy groups -OCH3 is 1. The van der Waals surface area contributed by atoms with E-state index in [4.69, 9.17) is 15.2 Å². The molecule has 20 heavy (non-hydrogen) atoms. The van der Waals surface area contributed by atoms with Crippen molar-refractivity contribution in [2.24, 2.45) is 10.7 Å². The Bertz CT molecular complexity index is 476. The van der Waals surface area contributed by atoms with Gasteiger partial charge < -0.3 is 30.5 Å². The zero-order valence-corrected chi connectivity index (χ0v) is 10.7. The lowest BCUT2D eigenvalue weighted by Gasteiger charge is -2.39. The van der Waals surface area contributed by atoms with E-state index in [9.17, 15) is 20.6 Å². The zero-order chi connectivity index (χ0) is 14.9. The molecule has 0 aliphatic carbocycles. The first-order valence-corrected chi connectivity index (χ1v) is 5.89. The summed E-state index contributed by atoms with van der Waals surface area (Å²) < 4.78 is 10.5. The van der Waals surface area contributed by atoms with Crippen molar-refractivity contribution >= 4 is 5.84 Å². The van der Waals surface area contributed by atoms with Crippen LogP contribution in [0.1, 0.15) is 0 Å². The Morgan fingerprint density at radius 2 is 2.35 bits per heavy atom. The molecule has 0 saturated carbocycles. The van der Waals surface area contributed by atoms with Gasteiger partial charge in [0.1, 0.15) is 30.2 Å². The van der Waals surface area contributed by atoms with E-state index in [2.05, 4.69) is 4.99 Å². The van der Waals surface area contributed by atoms with Gasteiger partial charge in [-0.2, -0.15) is 5.26 Å². The second-order valence-electron chi connectivity index (χ2n) is 4.42. The van der Waals surface area contributed by atoms with Crippen LogP contribution >= 0.6 is 0 Å². The summed E-state index contributed by atoms with van der Waals surface area (Å²) in [6.45, 7) is -0.497. The summed E-state index contributed by atoms with van der Waals surface area (Å²) in [5.41, 5.74) is 3.63. The predicted octanol–water partition coefficient (Wildman–Crippen LogP) is -2.56. The molecule has 9 heteroatoms. The van der Waals surface area contributed by atoms with Crippen LogP contribution in [0, 0.1) is 11.3 Å². The number of aliphatic imine (C=N–C) groups is 1. The van der Waals surface area contributed by atoms with E-state index in [0.717, 1.165) is 4.90 Å². The molecule has 9 nitrogen and oxygen atoms in total. The maximum Gasteiger partial charge on any atom is 0.263 e. The average Bonchev–Trinajstić information content (AvgIpc) is 2.71. The van der Waals surface area contributed by atoms with Crippen molar-refractivity contribution in [2.45, 2.75) is 30.4 Å². The Balaban J connectivity index is 2.39. The second kappa shape index (κ2) is 5.35. The van der Waals surface area contributed by atoms with Gasteiger partial charge in [0.25, 0.3) is 5.72 Å². The summed E-state index contributed by atoms with van der Waals surface area (Å²) in [7, 11) is 1.29. The van der Waals surface area contributed by atoms with Crippen molar-refractivity contribution in [3.05, 3.63) is 12.3 Å². The minimum Gasteiger partial charge on any atom is -0.394 e. The lowest BCUT2D eigenvalue weighted by molar-refractivity contribution is -0.180. The fourth-order valence-electron chi connectivity index (χ4n) is 2.35. The number of nitriles is 1. The highest BCUT2D eigenvalue weighted by atomic mass is 16.6. The molecule has 1 saturated heterocycles. The number of aliphatic hydroxyl groups excluding tert-OH is 3. The number of hydrogen-bond donors (Lipinski definition) is 4. The maximum absolute atomic E-state index is 10.0. The van der Waals surface area contributed by atoms with Gasteiger partial charge in [0.2, 0.25) is 6.35 Å². The van der Waals surface area contributed by atoms with Crippen LogP contribution in [0.15, 0.2) is 17.3 Å². The van der Waals surface area contributed by atoms with Gasteiger partial charge in [-0.3, -0.25) is 4.90 Å². The largest absolute Gasteiger partial charge is 0.394 e. The molecule has 0 radical (unpaired) electrons. The standard InChI is InChI=1S/C11H16N4O5/c1-19-9-8(17)6(4-16)20-11(9,5-12)15-3-2-7(13)14-10(15)18/h2-3,6,8-10,16-18H,4H2,1H3,(H2,13,14)/t6?,8-,9-,10?,11-/m1/s1. The highest BCUT2D eigenvalue weighted by Gasteiger charge is 2.60. The quantitative estimate of drug-likeness (QED) is 0.443. The SMILES string of the molecule is CO[C@@H]1[C@H](O)C(CO)O[C@@]1(C#N)N1C=CC(N)=NC1O. The van der Waals surface area contributed by atoms with Gasteiger partial charge in [0.15, 0.2) is 0 Å². The predicted molar refractivity (Wildman–Crippen MR) is 65.7 cm³/mol. The van der Waals surface area contributed by atoms with Crippen LogP contribution in [0.3, 0.4) is 0 Å². The number of amidine groups is 1. The van der Waals surface area contributed by atoms with Gasteiger partial charge in [0, 0.05) is 13.3 Å². The van der Waals surface area contributed by atoms with E-state index in [1.165, 1.54) is 19.4 Å². The van der Waals surface area contributed by atoms with Crippen LogP contribution in [0.25, 0.3) is 0 Å². The van der Waals surface area contributed by atoms with E-state index in [1.807, 2.05) is 6.07 Å². The van der Waals surface area contributed by atoms with E-state index in [0.29, 0.717) is 0 Å². The summed E-state index contributed by atoms with van der Waals surface area (Å²) in [4.78, 5) is 4.78. The van der Waals surface area contributed by atoms with Crippen LogP contribution < -0.4 is 5.73 Å². The Hall–Kier alpha value is -1.70. The monoisotopic (exact) mass is 284 g/mol. The maximum atomic E-state index is 10.0. The molecular weight excluding hydrogens is 268 g/mol. The van der Waals surface area contributed by atoms with Gasteiger partial charge in [0.05, 0.1) is 6.61 Å². The lowest BCUT2D eigenvalue weighted by Crippen LogP contribution is -2.58. The number of rotatable bonds is 3. The molecule has 0 amide bonds. The molecule has 0 spiro atoms. The molecule has 1 fully saturated rings. The van der Waals surface area contributed by atoms with Crippen LogP contribution in [0.5, 0.6) is 0 Å². The van der Waals surface area contributed by atoms with Crippen molar-refractivity contribution in [3.8, 4) is 6.07 Å². The molecular formula is C11H16N4O5. The summed E-state index contributed by atoms with van der Waals surface area (Å²) in [5.74, 6) is 0.0908. The smallest absolute Gasteiger partial charge is 0.263 e. The molecule has 2 heterocycles. The molecule has 0 aromatic heterocycles. The Kier molecular flexibility index (Phi) is 3.94. The number of ether oxygens (including phenoxy) is 2. The molecule has 0 bridgehead atoms. The van der Waals surface area contributed by atoms with Crippen LogP contribution in [0.2, 0.25) is 0 Å². The van der Waals surface area contributed by atoms with Gasteiger partial charge in [-0.15, -0.1) is 0 Å². The fourth-order valence-corrected chi connectivity index (χ4v) is 2.35. The van der Waals surface area contributed by atoms with E-state index >= 15 is 0 Å². The molecule has 2 rings (SSSR count). The normalized spacial score (nSPS) is 40.5. The average molecular weight is 284 g/mol. The van der Waals surface area contributed by atoms with E-state index < -0.39 is 37.0 Å². The number of aliphatic hydroxyl groups is 3. The third-order valence-corrected chi connectivity index (χ3v) is 3.30. The fraction of sp³-hybridized carbons (Fsp3) is 0.636. The minimum absolute atomic E-state index is 0.0908. The molecule has 2 unspecified atom stereocenters. The summed E-state index contributed by atoms with van der Waals surface area (Å²) >= 11 is 0. The highest BCUT2D eigenvalue weighted by molar-refractivity contribution is 5.91. The Labute approximate surface area is 115 Å². The van der Waals surface area contributed by atoms with E-state index in [1.54, 1.807) is 0 Å². The van der Waals surface area contributed by atoms with Gasteiger partial charge in [-0.25, -0.2) is 4.99 Å². The van der Waals surface area contributed by atoms with Crippen molar-refractivity contribution in [2.75, 3.05) is 13.7 Å². The molecule has 5 atom stereocenters. The van der Waals surface area contributed by atoms with Crippen LogP contribution in [-0.4, -0.2) is 70.2 Å². The first-order chi connectivity index (χ1) is 9.50. The van der Waals surface area contributed by atoms with Crippen molar-refractivity contribution in [1.82, 2.24) is 4.90 Å².